The molecule has 1 fully saturated rings. The Labute approximate surface area is 139 Å². The Balaban J connectivity index is 0.00000242. The number of hydrogen-bond acceptors (Lipinski definition) is 3. The topological polar surface area (TPSA) is 50.4 Å². The van der Waals surface area contributed by atoms with Crippen LogP contribution in [0.5, 0.6) is 0 Å². The van der Waals surface area contributed by atoms with Gasteiger partial charge in [-0.25, -0.2) is 0 Å². The second-order valence-electron chi connectivity index (χ2n) is 6.20. The van der Waals surface area contributed by atoms with Gasteiger partial charge in [-0.05, 0) is 49.5 Å². The van der Waals surface area contributed by atoms with Crippen LogP contribution in [0.2, 0.25) is 0 Å². The van der Waals surface area contributed by atoms with Crippen molar-refractivity contribution in [3.05, 3.63) is 29.8 Å². The summed E-state index contributed by atoms with van der Waals surface area (Å²) in [6, 6.07) is 8.10. The second-order valence-corrected chi connectivity index (χ2v) is 6.20. The van der Waals surface area contributed by atoms with Gasteiger partial charge in [-0.2, -0.15) is 0 Å². The normalized spacial score (nSPS) is 16.9. The highest BCUT2D eigenvalue weighted by Crippen LogP contribution is 2.31. The predicted octanol–water partition coefficient (Wildman–Crippen LogP) is 3.19. The van der Waals surface area contributed by atoms with Crippen molar-refractivity contribution in [3.8, 4) is 0 Å². The standard InChI is InChI=1S/C17H26N2O2.ClH/c1-13(2)14-5-4-6-15(11-14)19-16(20)17(12-21-3)7-9-18-10-8-17;/h4-6,11,13,18H,7-10,12H2,1-3H3,(H,19,20);1H. The first-order chi connectivity index (χ1) is 10.1. The van der Waals surface area contributed by atoms with Gasteiger partial charge in [0.25, 0.3) is 0 Å². The first kappa shape index (κ1) is 18.9. The predicted molar refractivity (Wildman–Crippen MR) is 92.8 cm³/mol. The fourth-order valence-corrected chi connectivity index (χ4v) is 2.86. The molecule has 0 aromatic heterocycles. The monoisotopic (exact) mass is 326 g/mol. The Hall–Kier alpha value is -1.10. The zero-order chi connectivity index (χ0) is 15.3. The van der Waals surface area contributed by atoms with Gasteiger partial charge in [-0.15, -0.1) is 12.4 Å². The average molecular weight is 327 g/mol. The fraction of sp³-hybridized carbons (Fsp3) is 0.588. The third-order valence-electron chi connectivity index (χ3n) is 4.27. The third-order valence-corrected chi connectivity index (χ3v) is 4.27. The Morgan fingerprint density at radius 3 is 2.64 bits per heavy atom. The SMILES string of the molecule is COCC1(C(=O)Nc2cccc(C(C)C)c2)CCNCC1.Cl. The molecule has 0 unspecified atom stereocenters. The van der Waals surface area contributed by atoms with Gasteiger partial charge in [0.2, 0.25) is 5.91 Å². The number of carbonyl (C=O) groups excluding carboxylic acids is 1. The van der Waals surface area contributed by atoms with E-state index in [1.54, 1.807) is 7.11 Å². The summed E-state index contributed by atoms with van der Waals surface area (Å²) in [5, 5.41) is 6.39. The highest BCUT2D eigenvalue weighted by atomic mass is 35.5. The van der Waals surface area contributed by atoms with Gasteiger partial charge < -0.3 is 15.4 Å². The zero-order valence-electron chi connectivity index (χ0n) is 13.6. The van der Waals surface area contributed by atoms with Crippen molar-refractivity contribution in [2.45, 2.75) is 32.6 Å². The van der Waals surface area contributed by atoms with Crippen LogP contribution in [0.25, 0.3) is 0 Å². The van der Waals surface area contributed by atoms with Crippen LogP contribution in [0.4, 0.5) is 5.69 Å². The molecule has 0 bridgehead atoms. The van der Waals surface area contributed by atoms with Crippen molar-refractivity contribution in [3.63, 3.8) is 0 Å². The van der Waals surface area contributed by atoms with E-state index in [9.17, 15) is 4.79 Å². The van der Waals surface area contributed by atoms with E-state index in [1.807, 2.05) is 12.1 Å². The van der Waals surface area contributed by atoms with Crippen LogP contribution >= 0.6 is 12.4 Å². The van der Waals surface area contributed by atoms with Gasteiger partial charge in [-0.3, -0.25) is 4.79 Å². The van der Waals surface area contributed by atoms with Crippen LogP contribution in [-0.4, -0.2) is 32.7 Å². The number of piperidine rings is 1. The highest BCUT2D eigenvalue weighted by molar-refractivity contribution is 5.95. The van der Waals surface area contributed by atoms with Crippen LogP contribution in [0.3, 0.4) is 0 Å². The second kappa shape index (κ2) is 8.51. The Morgan fingerprint density at radius 2 is 2.05 bits per heavy atom. The molecule has 5 heteroatoms. The lowest BCUT2D eigenvalue weighted by atomic mass is 9.78. The summed E-state index contributed by atoms with van der Waals surface area (Å²) >= 11 is 0. The summed E-state index contributed by atoms with van der Waals surface area (Å²) in [5.41, 5.74) is 1.70. The quantitative estimate of drug-likeness (QED) is 0.873. The molecule has 1 heterocycles. The van der Waals surface area contributed by atoms with E-state index in [4.69, 9.17) is 4.74 Å². The number of halogens is 1. The van der Waals surface area contributed by atoms with Gasteiger partial charge in [0, 0.05) is 12.8 Å². The van der Waals surface area contributed by atoms with E-state index in [-0.39, 0.29) is 18.3 Å². The minimum atomic E-state index is -0.409. The summed E-state index contributed by atoms with van der Waals surface area (Å²) in [5.74, 6) is 0.528. The Morgan fingerprint density at radius 1 is 1.36 bits per heavy atom. The van der Waals surface area contributed by atoms with Gasteiger partial charge >= 0.3 is 0 Å². The lowest BCUT2D eigenvalue weighted by Gasteiger charge is -2.35. The first-order valence-corrected chi connectivity index (χ1v) is 7.68. The molecular formula is C17H27ClN2O2. The molecule has 0 atom stereocenters. The van der Waals surface area contributed by atoms with E-state index in [2.05, 4.69) is 36.6 Å². The number of amides is 1. The van der Waals surface area contributed by atoms with Gasteiger partial charge in [-0.1, -0.05) is 26.0 Å². The summed E-state index contributed by atoms with van der Waals surface area (Å²) in [4.78, 5) is 12.7. The lowest BCUT2D eigenvalue weighted by molar-refractivity contribution is -0.130. The molecule has 1 aromatic carbocycles. The van der Waals surface area contributed by atoms with Crippen LogP contribution < -0.4 is 10.6 Å². The van der Waals surface area contributed by atoms with Crippen molar-refractivity contribution in [2.24, 2.45) is 5.41 Å². The number of anilines is 1. The highest BCUT2D eigenvalue weighted by Gasteiger charge is 2.39. The van der Waals surface area contributed by atoms with E-state index < -0.39 is 5.41 Å². The molecule has 0 radical (unpaired) electrons. The molecule has 124 valence electrons. The summed E-state index contributed by atoms with van der Waals surface area (Å²) in [6.07, 6.45) is 1.63. The maximum absolute atomic E-state index is 12.7. The van der Waals surface area contributed by atoms with Crippen molar-refractivity contribution < 1.29 is 9.53 Å². The molecule has 2 rings (SSSR count). The molecule has 1 aliphatic rings. The maximum Gasteiger partial charge on any atom is 0.233 e. The zero-order valence-corrected chi connectivity index (χ0v) is 14.5. The molecule has 1 amide bonds. The van der Waals surface area contributed by atoms with Crippen LogP contribution in [0.15, 0.2) is 24.3 Å². The van der Waals surface area contributed by atoms with Crippen LogP contribution in [0.1, 0.15) is 38.2 Å². The Kier molecular flexibility index (Phi) is 7.33. The number of rotatable bonds is 5. The van der Waals surface area contributed by atoms with Crippen molar-refractivity contribution in [1.82, 2.24) is 5.32 Å². The minimum Gasteiger partial charge on any atom is -0.384 e. The number of carbonyl (C=O) groups is 1. The Bertz CT molecular complexity index is 480. The van der Waals surface area contributed by atoms with E-state index in [0.29, 0.717) is 12.5 Å². The maximum atomic E-state index is 12.7. The first-order valence-electron chi connectivity index (χ1n) is 7.68. The van der Waals surface area contributed by atoms with E-state index in [0.717, 1.165) is 31.6 Å². The molecular weight excluding hydrogens is 300 g/mol. The largest absolute Gasteiger partial charge is 0.384 e. The minimum absolute atomic E-state index is 0. The van der Waals surface area contributed by atoms with Gasteiger partial charge in [0.15, 0.2) is 0 Å². The molecule has 1 aliphatic heterocycles. The van der Waals surface area contributed by atoms with Crippen LogP contribution in [-0.2, 0) is 9.53 Å². The van der Waals surface area contributed by atoms with Gasteiger partial charge in [0.1, 0.15) is 0 Å². The van der Waals surface area contributed by atoms with Crippen molar-refractivity contribution in [2.75, 3.05) is 32.1 Å². The summed E-state index contributed by atoms with van der Waals surface area (Å²) in [6.45, 7) is 6.51. The number of hydrogen-bond donors (Lipinski definition) is 2. The average Bonchev–Trinajstić information content (AvgIpc) is 2.48. The summed E-state index contributed by atoms with van der Waals surface area (Å²) in [7, 11) is 1.66. The fourth-order valence-electron chi connectivity index (χ4n) is 2.86. The van der Waals surface area contributed by atoms with Crippen molar-refractivity contribution in [1.29, 1.82) is 0 Å². The number of benzene rings is 1. The van der Waals surface area contributed by atoms with E-state index >= 15 is 0 Å². The molecule has 2 N–H and O–H groups in total. The molecule has 1 aromatic rings. The van der Waals surface area contributed by atoms with Gasteiger partial charge in [0.05, 0.1) is 12.0 Å². The third kappa shape index (κ3) is 4.45. The molecule has 1 saturated heterocycles. The van der Waals surface area contributed by atoms with Crippen LogP contribution in [0, 0.1) is 5.41 Å². The lowest BCUT2D eigenvalue weighted by Crippen LogP contribution is -2.47. The molecule has 22 heavy (non-hydrogen) atoms. The molecule has 0 saturated carbocycles. The van der Waals surface area contributed by atoms with E-state index in [1.165, 1.54) is 5.56 Å². The van der Waals surface area contributed by atoms with Crippen molar-refractivity contribution >= 4 is 24.0 Å². The smallest absolute Gasteiger partial charge is 0.233 e. The number of methoxy groups -OCH3 is 1. The molecule has 0 spiro atoms. The number of ether oxygens (including phenoxy) is 1. The number of nitrogens with one attached hydrogen (secondary N) is 2. The summed E-state index contributed by atoms with van der Waals surface area (Å²) < 4.78 is 5.32. The molecule has 4 nitrogen and oxygen atoms in total. The molecule has 0 aliphatic carbocycles.